The number of nitrogens with one attached hydrogen (secondary N) is 1. The first kappa shape index (κ1) is 12.7. The van der Waals surface area contributed by atoms with E-state index in [1.165, 1.54) is 35.3 Å². The molecule has 0 saturated carbocycles. The number of anilines is 1. The Hall–Kier alpha value is -1.29. The second kappa shape index (κ2) is 5.00. The standard InChI is InChI=1S/C15H18BrN3/c1-10-3-5-12-7-11(4-6-14(12)18-10)8-15-13(16)9-17-19(15)2/h4,6-7,9-10,18H,3,5,8H2,1-2H3. The smallest absolute Gasteiger partial charge is 0.0635 e. The van der Waals surface area contributed by atoms with Crippen molar-refractivity contribution in [1.29, 1.82) is 0 Å². The third-order valence-corrected chi connectivity index (χ3v) is 4.46. The van der Waals surface area contributed by atoms with Crippen molar-refractivity contribution in [3.8, 4) is 0 Å². The summed E-state index contributed by atoms with van der Waals surface area (Å²) in [5.41, 5.74) is 5.30. The lowest BCUT2D eigenvalue weighted by atomic mass is 9.96. The molecule has 0 aliphatic carbocycles. The Morgan fingerprint density at radius 3 is 3.05 bits per heavy atom. The normalized spacial score (nSPS) is 17.9. The number of fused-ring (bicyclic) bond motifs is 1. The number of nitrogens with zero attached hydrogens (tertiary/aromatic N) is 2. The van der Waals surface area contributed by atoms with Gasteiger partial charge in [0.05, 0.1) is 16.4 Å². The highest BCUT2D eigenvalue weighted by Crippen LogP contribution is 2.27. The van der Waals surface area contributed by atoms with Crippen LogP contribution < -0.4 is 5.32 Å². The lowest BCUT2D eigenvalue weighted by Gasteiger charge is -2.24. The molecule has 0 fully saturated rings. The van der Waals surface area contributed by atoms with Crippen LogP contribution in [0.25, 0.3) is 0 Å². The van der Waals surface area contributed by atoms with E-state index in [-0.39, 0.29) is 0 Å². The number of hydrogen-bond donors (Lipinski definition) is 1. The third-order valence-electron chi connectivity index (χ3n) is 3.80. The average molecular weight is 320 g/mol. The number of rotatable bonds is 2. The third kappa shape index (κ3) is 2.54. The van der Waals surface area contributed by atoms with Crippen LogP contribution in [0.2, 0.25) is 0 Å². The fraction of sp³-hybridized carbons (Fsp3) is 0.400. The molecule has 1 aliphatic heterocycles. The molecule has 0 amide bonds. The number of halogens is 1. The van der Waals surface area contributed by atoms with Gasteiger partial charge in [-0.2, -0.15) is 5.10 Å². The topological polar surface area (TPSA) is 29.9 Å². The molecule has 3 rings (SSSR count). The summed E-state index contributed by atoms with van der Waals surface area (Å²) >= 11 is 3.56. The zero-order chi connectivity index (χ0) is 13.4. The van der Waals surface area contributed by atoms with Crippen LogP contribution in [0.5, 0.6) is 0 Å². The molecule has 1 N–H and O–H groups in total. The van der Waals surface area contributed by atoms with E-state index in [1.807, 2.05) is 17.9 Å². The number of aryl methyl sites for hydroxylation is 2. The van der Waals surface area contributed by atoms with Crippen molar-refractivity contribution < 1.29 is 0 Å². The van der Waals surface area contributed by atoms with Crippen LogP contribution in [0.4, 0.5) is 5.69 Å². The highest BCUT2D eigenvalue weighted by molar-refractivity contribution is 9.10. The molecule has 0 spiro atoms. The van der Waals surface area contributed by atoms with Crippen molar-refractivity contribution in [2.24, 2.45) is 7.05 Å². The molecule has 1 aromatic carbocycles. The van der Waals surface area contributed by atoms with E-state index in [0.717, 1.165) is 10.9 Å². The molecule has 0 bridgehead atoms. The van der Waals surface area contributed by atoms with Crippen LogP contribution in [0.1, 0.15) is 30.2 Å². The van der Waals surface area contributed by atoms with Crippen LogP contribution >= 0.6 is 15.9 Å². The van der Waals surface area contributed by atoms with Gasteiger partial charge < -0.3 is 5.32 Å². The van der Waals surface area contributed by atoms with Gasteiger partial charge in [0, 0.05) is 25.2 Å². The van der Waals surface area contributed by atoms with Gasteiger partial charge in [0.25, 0.3) is 0 Å². The highest BCUT2D eigenvalue weighted by Gasteiger charge is 2.15. The summed E-state index contributed by atoms with van der Waals surface area (Å²) in [6, 6.07) is 7.34. The Kier molecular flexibility index (Phi) is 3.35. The van der Waals surface area contributed by atoms with Gasteiger partial charge >= 0.3 is 0 Å². The van der Waals surface area contributed by atoms with Crippen molar-refractivity contribution in [1.82, 2.24) is 9.78 Å². The minimum Gasteiger partial charge on any atom is -0.382 e. The number of hydrogen-bond acceptors (Lipinski definition) is 2. The van der Waals surface area contributed by atoms with Gasteiger partial charge in [-0.1, -0.05) is 12.1 Å². The van der Waals surface area contributed by atoms with Crippen molar-refractivity contribution in [3.05, 3.63) is 45.7 Å². The van der Waals surface area contributed by atoms with Gasteiger partial charge in [-0.3, -0.25) is 4.68 Å². The minimum absolute atomic E-state index is 0.588. The van der Waals surface area contributed by atoms with Crippen LogP contribution in [0.3, 0.4) is 0 Å². The largest absolute Gasteiger partial charge is 0.382 e. The van der Waals surface area contributed by atoms with E-state index in [9.17, 15) is 0 Å². The minimum atomic E-state index is 0.588. The van der Waals surface area contributed by atoms with Gasteiger partial charge in [-0.15, -0.1) is 0 Å². The Bertz CT molecular complexity index is 584. The quantitative estimate of drug-likeness (QED) is 0.917. The van der Waals surface area contributed by atoms with Crippen molar-refractivity contribution >= 4 is 21.6 Å². The Balaban J connectivity index is 1.87. The molecular formula is C15H18BrN3. The fourth-order valence-electron chi connectivity index (χ4n) is 2.64. The van der Waals surface area contributed by atoms with Gasteiger partial charge in [-0.05, 0) is 52.9 Å². The maximum atomic E-state index is 4.27. The maximum Gasteiger partial charge on any atom is 0.0635 e. The van der Waals surface area contributed by atoms with E-state index in [0.29, 0.717) is 6.04 Å². The van der Waals surface area contributed by atoms with Crippen LogP contribution in [0.15, 0.2) is 28.9 Å². The molecule has 3 nitrogen and oxygen atoms in total. The van der Waals surface area contributed by atoms with Gasteiger partial charge in [-0.25, -0.2) is 0 Å². The van der Waals surface area contributed by atoms with Gasteiger partial charge in [0.15, 0.2) is 0 Å². The van der Waals surface area contributed by atoms with Crippen molar-refractivity contribution in [3.63, 3.8) is 0 Å². The summed E-state index contributed by atoms with van der Waals surface area (Å²) < 4.78 is 3.02. The first-order valence-corrected chi connectivity index (χ1v) is 7.47. The summed E-state index contributed by atoms with van der Waals surface area (Å²) in [4.78, 5) is 0. The fourth-order valence-corrected chi connectivity index (χ4v) is 3.13. The summed E-state index contributed by atoms with van der Waals surface area (Å²) in [7, 11) is 1.99. The van der Waals surface area contributed by atoms with E-state index >= 15 is 0 Å². The number of benzene rings is 1. The molecule has 2 heterocycles. The molecule has 1 aliphatic rings. The highest BCUT2D eigenvalue weighted by atomic mass is 79.9. The summed E-state index contributed by atoms with van der Waals surface area (Å²) in [5.74, 6) is 0. The van der Waals surface area contributed by atoms with Gasteiger partial charge in [0.1, 0.15) is 0 Å². The first-order chi connectivity index (χ1) is 9.13. The number of aromatic nitrogens is 2. The predicted octanol–water partition coefficient (Wildman–Crippen LogP) is 3.52. The molecule has 100 valence electrons. The molecule has 4 heteroatoms. The second-order valence-electron chi connectivity index (χ2n) is 5.32. The van der Waals surface area contributed by atoms with Crippen molar-refractivity contribution in [2.45, 2.75) is 32.2 Å². The zero-order valence-corrected chi connectivity index (χ0v) is 12.9. The predicted molar refractivity (Wildman–Crippen MR) is 81.6 cm³/mol. The van der Waals surface area contributed by atoms with Crippen LogP contribution in [-0.2, 0) is 19.9 Å². The molecule has 1 aromatic heterocycles. The zero-order valence-electron chi connectivity index (χ0n) is 11.3. The van der Waals surface area contributed by atoms with E-state index < -0.39 is 0 Å². The molecule has 19 heavy (non-hydrogen) atoms. The Labute approximate surface area is 122 Å². The van der Waals surface area contributed by atoms with Crippen LogP contribution in [-0.4, -0.2) is 15.8 Å². The first-order valence-electron chi connectivity index (χ1n) is 6.68. The monoisotopic (exact) mass is 319 g/mol. The van der Waals surface area contributed by atoms with Gasteiger partial charge in [0.2, 0.25) is 0 Å². The Morgan fingerprint density at radius 2 is 2.32 bits per heavy atom. The molecule has 2 aromatic rings. The molecular weight excluding hydrogens is 302 g/mol. The summed E-state index contributed by atoms with van der Waals surface area (Å²) in [6.45, 7) is 2.24. The summed E-state index contributed by atoms with van der Waals surface area (Å²) in [6.07, 6.45) is 5.16. The lowest BCUT2D eigenvalue weighted by Crippen LogP contribution is -2.21. The van der Waals surface area contributed by atoms with E-state index in [2.05, 4.69) is 51.5 Å². The van der Waals surface area contributed by atoms with E-state index in [1.54, 1.807) is 0 Å². The summed E-state index contributed by atoms with van der Waals surface area (Å²) in [5, 5.41) is 7.81. The Morgan fingerprint density at radius 1 is 1.47 bits per heavy atom. The molecule has 0 saturated heterocycles. The molecule has 1 atom stereocenters. The van der Waals surface area contributed by atoms with Crippen LogP contribution in [0, 0.1) is 0 Å². The maximum absolute atomic E-state index is 4.27. The second-order valence-corrected chi connectivity index (χ2v) is 6.17. The molecule has 1 unspecified atom stereocenters. The van der Waals surface area contributed by atoms with Crippen molar-refractivity contribution in [2.75, 3.05) is 5.32 Å². The lowest BCUT2D eigenvalue weighted by molar-refractivity contribution is 0.679. The SMILES string of the molecule is CC1CCc2cc(Cc3c(Br)cnn3C)ccc2N1. The molecule has 0 radical (unpaired) electrons. The average Bonchev–Trinajstić information content (AvgIpc) is 2.71. The van der Waals surface area contributed by atoms with E-state index in [4.69, 9.17) is 0 Å².